The van der Waals surface area contributed by atoms with Crippen LogP contribution >= 0.6 is 0 Å². The fourth-order valence-electron chi connectivity index (χ4n) is 2.56. The minimum atomic E-state index is -0.194. The third kappa shape index (κ3) is 1.46. The van der Waals surface area contributed by atoms with Crippen LogP contribution in [0.1, 0.15) is 5.56 Å². The van der Waals surface area contributed by atoms with Crippen LogP contribution in [0.5, 0.6) is 0 Å². The highest BCUT2D eigenvalue weighted by Crippen LogP contribution is 2.29. The number of halogens is 1. The Labute approximate surface area is 113 Å². The van der Waals surface area contributed by atoms with Crippen molar-refractivity contribution in [1.82, 2.24) is 19.7 Å². The molecule has 0 bridgehead atoms. The third-order valence-electron chi connectivity index (χ3n) is 3.64. The van der Waals surface area contributed by atoms with E-state index in [1.165, 1.54) is 12.4 Å². The molecule has 20 heavy (non-hydrogen) atoms. The summed E-state index contributed by atoms with van der Waals surface area (Å²) in [5, 5.41) is 6.22. The summed E-state index contributed by atoms with van der Waals surface area (Å²) in [7, 11) is 0. The molecule has 0 atom stereocenters. The molecular weight excluding hydrogens is 255 g/mol. The van der Waals surface area contributed by atoms with E-state index in [1.807, 2.05) is 24.3 Å². The molecule has 0 spiro atoms. The molecule has 2 heterocycles. The van der Waals surface area contributed by atoms with E-state index in [1.54, 1.807) is 17.9 Å². The van der Waals surface area contributed by atoms with Crippen LogP contribution in [0.4, 0.5) is 4.39 Å². The smallest absolute Gasteiger partial charge is 0.138 e. The highest BCUT2D eigenvalue weighted by Gasteiger charge is 2.10. The van der Waals surface area contributed by atoms with E-state index in [0.29, 0.717) is 5.56 Å². The highest BCUT2D eigenvalue weighted by atomic mass is 19.1. The van der Waals surface area contributed by atoms with E-state index in [4.69, 9.17) is 0 Å². The minimum Gasteiger partial charge on any atom is -0.354 e. The molecule has 2 aromatic heterocycles. The van der Waals surface area contributed by atoms with Crippen molar-refractivity contribution >= 4 is 21.8 Å². The van der Waals surface area contributed by atoms with E-state index in [2.05, 4.69) is 15.1 Å². The summed E-state index contributed by atoms with van der Waals surface area (Å²) in [6.07, 6.45) is 3.14. The molecule has 0 amide bonds. The second kappa shape index (κ2) is 3.90. The average molecular weight is 266 g/mol. The third-order valence-corrected chi connectivity index (χ3v) is 3.64. The first-order valence-electron chi connectivity index (χ1n) is 6.29. The fraction of sp³-hybridized carbons (Fsp3) is 0.0667. The van der Waals surface area contributed by atoms with E-state index in [9.17, 15) is 4.39 Å². The predicted octanol–water partition coefficient (Wildman–Crippen LogP) is 3.35. The van der Waals surface area contributed by atoms with E-state index < -0.39 is 0 Å². The van der Waals surface area contributed by atoms with Crippen LogP contribution in [0.2, 0.25) is 0 Å². The standard InChI is InChI=1S/C15H11FN4/c1-9-13(16)5-4-12-11-3-2-10(20-8-17-7-18-20)6-14(11)19-15(9)12/h2-8,19H,1H3. The van der Waals surface area contributed by atoms with Crippen molar-refractivity contribution in [2.75, 3.05) is 0 Å². The Balaban J connectivity index is 2.04. The number of hydrogen-bond acceptors (Lipinski definition) is 2. The summed E-state index contributed by atoms with van der Waals surface area (Å²) in [5.41, 5.74) is 3.36. The van der Waals surface area contributed by atoms with Gasteiger partial charge in [0.15, 0.2) is 0 Å². The molecule has 0 saturated heterocycles. The van der Waals surface area contributed by atoms with Crippen molar-refractivity contribution in [3.8, 4) is 5.69 Å². The molecule has 0 fully saturated rings. The number of aromatic nitrogens is 4. The number of rotatable bonds is 1. The van der Waals surface area contributed by atoms with Gasteiger partial charge in [0.2, 0.25) is 0 Å². The molecule has 4 rings (SSSR count). The van der Waals surface area contributed by atoms with Gasteiger partial charge in [-0.3, -0.25) is 0 Å². The Kier molecular flexibility index (Phi) is 2.18. The van der Waals surface area contributed by atoms with Gasteiger partial charge in [0.1, 0.15) is 18.5 Å². The van der Waals surface area contributed by atoms with Crippen LogP contribution in [0.25, 0.3) is 27.5 Å². The lowest BCUT2D eigenvalue weighted by Gasteiger charge is -2.00. The summed E-state index contributed by atoms with van der Waals surface area (Å²) in [6.45, 7) is 1.78. The Morgan fingerprint density at radius 1 is 1.15 bits per heavy atom. The molecule has 2 aromatic carbocycles. The zero-order chi connectivity index (χ0) is 13.7. The topological polar surface area (TPSA) is 46.5 Å². The maximum atomic E-state index is 13.6. The number of H-pyrrole nitrogens is 1. The van der Waals surface area contributed by atoms with Crippen LogP contribution in [-0.4, -0.2) is 19.7 Å². The molecule has 4 nitrogen and oxygen atoms in total. The summed E-state index contributed by atoms with van der Waals surface area (Å²) in [5.74, 6) is -0.194. The second-order valence-corrected chi connectivity index (χ2v) is 4.79. The van der Waals surface area contributed by atoms with Gasteiger partial charge < -0.3 is 4.98 Å². The average Bonchev–Trinajstić information content (AvgIpc) is 3.09. The molecule has 4 aromatic rings. The largest absolute Gasteiger partial charge is 0.354 e. The molecule has 0 radical (unpaired) electrons. The van der Waals surface area contributed by atoms with Crippen molar-refractivity contribution in [1.29, 1.82) is 0 Å². The normalized spacial score (nSPS) is 11.5. The number of aromatic amines is 1. The molecule has 0 aliphatic heterocycles. The van der Waals surface area contributed by atoms with Gasteiger partial charge in [-0.25, -0.2) is 14.1 Å². The molecular formula is C15H11FN4. The van der Waals surface area contributed by atoms with E-state index in [0.717, 1.165) is 27.5 Å². The Bertz CT molecular complexity index is 922. The lowest BCUT2D eigenvalue weighted by atomic mass is 10.1. The van der Waals surface area contributed by atoms with Crippen LogP contribution < -0.4 is 0 Å². The molecule has 0 unspecified atom stereocenters. The molecule has 0 aliphatic rings. The first-order valence-corrected chi connectivity index (χ1v) is 6.29. The van der Waals surface area contributed by atoms with Crippen LogP contribution in [0.3, 0.4) is 0 Å². The van der Waals surface area contributed by atoms with Gasteiger partial charge >= 0.3 is 0 Å². The highest BCUT2D eigenvalue weighted by molar-refractivity contribution is 6.08. The number of nitrogens with one attached hydrogen (secondary N) is 1. The summed E-state index contributed by atoms with van der Waals surface area (Å²) in [4.78, 5) is 7.23. The number of benzene rings is 2. The molecule has 1 N–H and O–H groups in total. The SMILES string of the molecule is Cc1c(F)ccc2c1[nH]c1cc(-n3cncn3)ccc12. The first-order chi connectivity index (χ1) is 9.74. The summed E-state index contributed by atoms with van der Waals surface area (Å²) in [6, 6.07) is 9.30. The predicted molar refractivity (Wildman–Crippen MR) is 75.4 cm³/mol. The Morgan fingerprint density at radius 2 is 2.00 bits per heavy atom. The van der Waals surface area contributed by atoms with Gasteiger partial charge in [0.25, 0.3) is 0 Å². The van der Waals surface area contributed by atoms with Crippen molar-refractivity contribution in [2.45, 2.75) is 6.92 Å². The van der Waals surface area contributed by atoms with Crippen molar-refractivity contribution in [3.63, 3.8) is 0 Å². The van der Waals surface area contributed by atoms with E-state index >= 15 is 0 Å². The molecule has 0 aliphatic carbocycles. The van der Waals surface area contributed by atoms with Gasteiger partial charge in [-0.05, 0) is 31.2 Å². The minimum absolute atomic E-state index is 0.194. The van der Waals surface area contributed by atoms with Crippen LogP contribution in [-0.2, 0) is 0 Å². The zero-order valence-electron chi connectivity index (χ0n) is 10.8. The van der Waals surface area contributed by atoms with E-state index in [-0.39, 0.29) is 5.82 Å². The number of aryl methyl sites for hydroxylation is 1. The van der Waals surface area contributed by atoms with Crippen LogP contribution in [0, 0.1) is 12.7 Å². The maximum Gasteiger partial charge on any atom is 0.138 e. The van der Waals surface area contributed by atoms with Crippen molar-refractivity contribution in [2.24, 2.45) is 0 Å². The van der Waals surface area contributed by atoms with Gasteiger partial charge in [-0.2, -0.15) is 5.10 Å². The summed E-state index contributed by atoms with van der Waals surface area (Å²) < 4.78 is 15.3. The zero-order valence-corrected chi connectivity index (χ0v) is 10.8. The molecule has 0 saturated carbocycles. The van der Waals surface area contributed by atoms with Gasteiger partial charge in [0, 0.05) is 21.9 Å². The molecule has 5 heteroatoms. The number of fused-ring (bicyclic) bond motifs is 3. The van der Waals surface area contributed by atoms with Crippen LogP contribution in [0.15, 0.2) is 43.0 Å². The number of hydrogen-bond donors (Lipinski definition) is 1. The molecule has 98 valence electrons. The quantitative estimate of drug-likeness (QED) is 0.574. The van der Waals surface area contributed by atoms with Crippen molar-refractivity contribution < 1.29 is 4.39 Å². The Morgan fingerprint density at radius 3 is 2.80 bits per heavy atom. The summed E-state index contributed by atoms with van der Waals surface area (Å²) >= 11 is 0. The van der Waals surface area contributed by atoms with Gasteiger partial charge in [-0.1, -0.05) is 6.07 Å². The van der Waals surface area contributed by atoms with Gasteiger partial charge in [-0.15, -0.1) is 0 Å². The van der Waals surface area contributed by atoms with Crippen molar-refractivity contribution in [3.05, 3.63) is 54.4 Å². The monoisotopic (exact) mass is 266 g/mol. The lowest BCUT2D eigenvalue weighted by Crippen LogP contribution is -1.93. The number of nitrogens with zero attached hydrogens (tertiary/aromatic N) is 3. The Hall–Kier alpha value is -2.69. The second-order valence-electron chi connectivity index (χ2n) is 4.79. The lowest BCUT2D eigenvalue weighted by molar-refractivity contribution is 0.620. The first kappa shape index (κ1) is 11.2. The van der Waals surface area contributed by atoms with Gasteiger partial charge in [0.05, 0.1) is 11.2 Å². The fourth-order valence-corrected chi connectivity index (χ4v) is 2.56. The maximum absolute atomic E-state index is 13.6.